The van der Waals surface area contributed by atoms with Gasteiger partial charge in [-0.1, -0.05) is 12.5 Å². The fourth-order valence-electron chi connectivity index (χ4n) is 8.12. The summed E-state index contributed by atoms with van der Waals surface area (Å²) in [7, 11) is 1.46. The van der Waals surface area contributed by atoms with E-state index in [1.54, 1.807) is 29.2 Å². The number of ether oxygens (including phenoxy) is 4. The molecule has 2 aliphatic heterocycles. The average Bonchev–Trinajstić information content (AvgIpc) is 3.86. The molecular weight excluding hydrogens is 580 g/mol. The first-order valence-electron chi connectivity index (χ1n) is 15.7. The molecule has 5 aliphatic rings. The van der Waals surface area contributed by atoms with Crippen LogP contribution < -0.4 is 24.3 Å². The molecule has 7 atom stereocenters. The summed E-state index contributed by atoms with van der Waals surface area (Å²) >= 11 is 0. The van der Waals surface area contributed by atoms with Crippen LogP contribution in [0.1, 0.15) is 59.5 Å². The lowest BCUT2D eigenvalue weighted by atomic mass is 9.77. The van der Waals surface area contributed by atoms with Gasteiger partial charge < -0.3 is 39.4 Å². The van der Waals surface area contributed by atoms with Crippen molar-refractivity contribution in [3.63, 3.8) is 0 Å². The smallest absolute Gasteiger partial charge is 0.247 e. The summed E-state index contributed by atoms with van der Waals surface area (Å²) in [5, 5.41) is 24.2. The van der Waals surface area contributed by atoms with E-state index in [-0.39, 0.29) is 38.0 Å². The van der Waals surface area contributed by atoms with E-state index >= 15 is 0 Å². The van der Waals surface area contributed by atoms with Crippen molar-refractivity contribution in [1.29, 1.82) is 0 Å². The molecule has 2 bridgehead atoms. The minimum atomic E-state index is -1.21. The molecule has 2 amide bonds. The number of amides is 2. The molecule has 7 rings (SSSR count). The first-order chi connectivity index (χ1) is 21.9. The predicted molar refractivity (Wildman–Crippen MR) is 160 cm³/mol. The number of benzene rings is 2. The summed E-state index contributed by atoms with van der Waals surface area (Å²) in [5.41, 5.74) is 1.96. The molecular formula is C34H38N2O9. The maximum atomic E-state index is 14.3. The molecule has 2 aromatic rings. The number of nitrogens with zero attached hydrogens (tertiary/aromatic N) is 1. The molecule has 11 nitrogen and oxygen atoms in total. The molecule has 2 saturated carbocycles. The number of carbonyl (C=O) groups excluding carboxylic acids is 3. The second-order valence-electron chi connectivity index (χ2n) is 12.8. The summed E-state index contributed by atoms with van der Waals surface area (Å²) in [6.45, 7) is 0.0607. The van der Waals surface area contributed by atoms with Gasteiger partial charge in [0.1, 0.15) is 18.5 Å². The van der Waals surface area contributed by atoms with E-state index in [2.05, 4.69) is 5.32 Å². The van der Waals surface area contributed by atoms with Crippen LogP contribution in [0.3, 0.4) is 0 Å². The number of methoxy groups -OCH3 is 1. The van der Waals surface area contributed by atoms with Gasteiger partial charge in [-0.15, -0.1) is 0 Å². The minimum absolute atomic E-state index is 0.0241. The molecule has 2 heterocycles. The van der Waals surface area contributed by atoms with Crippen molar-refractivity contribution in [1.82, 2.24) is 10.2 Å². The number of aldehydes is 1. The Morgan fingerprint density at radius 1 is 1.13 bits per heavy atom. The predicted octanol–water partition coefficient (Wildman–Crippen LogP) is 2.71. The number of aliphatic hydroxyl groups excluding tert-OH is 2. The number of hydrogen-bond donors (Lipinski definition) is 3. The Labute approximate surface area is 261 Å². The van der Waals surface area contributed by atoms with Crippen molar-refractivity contribution in [2.75, 3.05) is 27.1 Å². The third kappa shape index (κ3) is 5.31. The molecule has 2 fully saturated rings. The largest absolute Gasteiger partial charge is 0.493 e. The molecule has 3 aliphatic carbocycles. The molecule has 0 saturated heterocycles. The second-order valence-corrected chi connectivity index (χ2v) is 12.8. The zero-order valence-corrected chi connectivity index (χ0v) is 25.1. The first kappa shape index (κ1) is 29.6. The highest BCUT2D eigenvalue weighted by atomic mass is 16.7. The van der Waals surface area contributed by atoms with Crippen molar-refractivity contribution in [3.05, 3.63) is 58.7 Å². The average molecular weight is 619 g/mol. The SMILES string of the molecule is COc1cc(C=O)cc2c1OC1C2C(C(=O)NCCO)=CC(N(Cc2ccc3c(c2)OCO3)C(=O)CC2CC3CCC2C3)C1O. The maximum absolute atomic E-state index is 14.3. The summed E-state index contributed by atoms with van der Waals surface area (Å²) < 4.78 is 22.9. The molecule has 2 aromatic carbocycles. The minimum Gasteiger partial charge on any atom is -0.493 e. The van der Waals surface area contributed by atoms with Crippen LogP contribution in [0.2, 0.25) is 0 Å². The lowest BCUT2D eigenvalue weighted by Gasteiger charge is -2.41. The van der Waals surface area contributed by atoms with Crippen molar-refractivity contribution >= 4 is 18.1 Å². The van der Waals surface area contributed by atoms with E-state index in [0.29, 0.717) is 64.6 Å². The van der Waals surface area contributed by atoms with Crippen molar-refractivity contribution < 1.29 is 43.5 Å². The molecule has 0 spiro atoms. The third-order valence-corrected chi connectivity index (χ3v) is 10.2. The molecule has 0 aromatic heterocycles. The van der Waals surface area contributed by atoms with Crippen LogP contribution >= 0.6 is 0 Å². The molecule has 7 unspecified atom stereocenters. The van der Waals surface area contributed by atoms with Gasteiger partial charge in [0.2, 0.25) is 18.6 Å². The van der Waals surface area contributed by atoms with Crippen LogP contribution in [-0.4, -0.2) is 78.5 Å². The van der Waals surface area contributed by atoms with Crippen molar-refractivity contribution in [2.45, 2.75) is 62.8 Å². The lowest BCUT2D eigenvalue weighted by molar-refractivity contribution is -0.139. The van der Waals surface area contributed by atoms with Gasteiger partial charge in [-0.25, -0.2) is 0 Å². The Morgan fingerprint density at radius 2 is 1.98 bits per heavy atom. The van der Waals surface area contributed by atoms with Crippen LogP contribution in [0.4, 0.5) is 0 Å². The number of aliphatic hydroxyl groups is 2. The van der Waals surface area contributed by atoms with Gasteiger partial charge in [-0.05, 0) is 72.9 Å². The van der Waals surface area contributed by atoms with Gasteiger partial charge in [-0.2, -0.15) is 0 Å². The quantitative estimate of drug-likeness (QED) is 0.343. The fourth-order valence-corrected chi connectivity index (χ4v) is 8.12. The highest BCUT2D eigenvalue weighted by Crippen LogP contribution is 2.52. The molecule has 11 heteroatoms. The van der Waals surface area contributed by atoms with E-state index in [1.807, 2.05) is 12.1 Å². The number of nitrogens with one attached hydrogen (secondary N) is 1. The van der Waals surface area contributed by atoms with Crippen LogP contribution in [0.25, 0.3) is 0 Å². The van der Waals surface area contributed by atoms with E-state index in [4.69, 9.17) is 18.9 Å². The van der Waals surface area contributed by atoms with E-state index in [0.717, 1.165) is 18.4 Å². The number of fused-ring (bicyclic) bond motifs is 6. The molecule has 45 heavy (non-hydrogen) atoms. The van der Waals surface area contributed by atoms with Crippen molar-refractivity contribution in [2.24, 2.45) is 17.8 Å². The first-order valence-corrected chi connectivity index (χ1v) is 15.7. The Morgan fingerprint density at radius 3 is 2.71 bits per heavy atom. The Bertz CT molecular complexity index is 1540. The second kappa shape index (κ2) is 12.0. The zero-order valence-electron chi connectivity index (χ0n) is 25.1. The topological polar surface area (TPSA) is 144 Å². The van der Waals surface area contributed by atoms with Gasteiger partial charge in [0.25, 0.3) is 0 Å². The Hall–Kier alpha value is -4.09. The van der Waals surface area contributed by atoms with Crippen LogP contribution in [0.5, 0.6) is 23.0 Å². The van der Waals surface area contributed by atoms with Gasteiger partial charge >= 0.3 is 0 Å². The van der Waals surface area contributed by atoms with E-state index in [9.17, 15) is 24.6 Å². The lowest BCUT2D eigenvalue weighted by Crippen LogP contribution is -2.55. The van der Waals surface area contributed by atoms with Gasteiger partial charge in [0.05, 0.1) is 25.7 Å². The number of carbonyl (C=O) groups is 3. The fraction of sp³-hybridized carbons (Fsp3) is 0.500. The highest BCUT2D eigenvalue weighted by Gasteiger charge is 2.52. The molecule has 3 N–H and O–H groups in total. The van der Waals surface area contributed by atoms with Gasteiger partial charge in [-0.3, -0.25) is 14.4 Å². The standard InChI is InChI=1S/C34H38N2O9/c1-42-28-12-20(16-38)10-23-30-24(34(41)35-6-7-37)14-25(31(40)33(30)45-32(23)28)36(15-19-3-5-26-27(11-19)44-17-43-26)29(39)13-22-9-18-2-4-21(22)8-18/h3,5,10-12,14,16,18,21-22,25,30-31,33,37,40H,2,4,6-9,13,15,17H2,1H3,(H,35,41). The summed E-state index contributed by atoms with van der Waals surface area (Å²) in [6.07, 6.45) is 5.14. The van der Waals surface area contributed by atoms with Crippen LogP contribution in [0, 0.1) is 17.8 Å². The third-order valence-electron chi connectivity index (χ3n) is 10.2. The Balaban J connectivity index is 1.28. The monoisotopic (exact) mass is 618 g/mol. The van der Waals surface area contributed by atoms with E-state index < -0.39 is 30.1 Å². The Kier molecular flexibility index (Phi) is 7.91. The summed E-state index contributed by atoms with van der Waals surface area (Å²) in [5.74, 6) is 2.09. The number of hydrogen-bond acceptors (Lipinski definition) is 9. The molecule has 0 radical (unpaired) electrons. The highest BCUT2D eigenvalue weighted by molar-refractivity contribution is 5.96. The zero-order chi connectivity index (χ0) is 31.2. The van der Waals surface area contributed by atoms with Gasteiger partial charge in [0, 0.05) is 36.2 Å². The summed E-state index contributed by atoms with van der Waals surface area (Å²) in [6, 6.07) is 7.80. The van der Waals surface area contributed by atoms with Crippen LogP contribution in [-0.2, 0) is 16.1 Å². The maximum Gasteiger partial charge on any atom is 0.247 e. The number of rotatable bonds is 10. The van der Waals surface area contributed by atoms with Crippen molar-refractivity contribution in [3.8, 4) is 23.0 Å². The van der Waals surface area contributed by atoms with Crippen LogP contribution in [0.15, 0.2) is 42.0 Å². The summed E-state index contributed by atoms with van der Waals surface area (Å²) in [4.78, 5) is 41.4. The normalized spacial score (nSPS) is 28.5. The van der Waals surface area contributed by atoms with Gasteiger partial charge in [0.15, 0.2) is 23.0 Å². The van der Waals surface area contributed by atoms with E-state index in [1.165, 1.54) is 20.0 Å². The molecule has 238 valence electrons.